The summed E-state index contributed by atoms with van der Waals surface area (Å²) < 4.78 is 1.58. The van der Waals surface area contributed by atoms with Crippen LogP contribution in [0.3, 0.4) is 0 Å². The van der Waals surface area contributed by atoms with Gasteiger partial charge in [0.2, 0.25) is 0 Å². The quantitative estimate of drug-likeness (QED) is 0.602. The molecule has 0 atom stereocenters. The van der Waals surface area contributed by atoms with Crippen molar-refractivity contribution in [3.63, 3.8) is 0 Å². The number of thioether (sulfide) groups is 1. The number of rotatable bonds is 2. The molecule has 94 valence electrons. The fourth-order valence-corrected chi connectivity index (χ4v) is 2.41. The molecular weight excluding hydrogens is 248 g/mol. The molecule has 5 nitrogen and oxygen atoms in total. The molecule has 0 N–H and O–H groups in total. The van der Waals surface area contributed by atoms with Crippen molar-refractivity contribution in [2.24, 2.45) is 7.05 Å². The summed E-state index contributed by atoms with van der Waals surface area (Å²) >= 11 is 1.50. The summed E-state index contributed by atoms with van der Waals surface area (Å²) in [6.45, 7) is 1.94. The minimum atomic E-state index is -0.0259. The van der Waals surface area contributed by atoms with Gasteiger partial charge in [-0.15, -0.1) is 0 Å². The third-order valence-corrected chi connectivity index (χ3v) is 3.77. The maximum absolute atomic E-state index is 12.2. The van der Waals surface area contributed by atoms with Gasteiger partial charge in [0, 0.05) is 26.3 Å². The number of anilines is 1. The fourth-order valence-electron chi connectivity index (χ4n) is 2.05. The van der Waals surface area contributed by atoms with Gasteiger partial charge in [-0.1, -0.05) is 11.8 Å². The highest BCUT2D eigenvalue weighted by Gasteiger charge is 2.21. The van der Waals surface area contributed by atoms with E-state index in [-0.39, 0.29) is 5.56 Å². The molecule has 0 spiro atoms. The second kappa shape index (κ2) is 4.28. The van der Waals surface area contributed by atoms with E-state index in [2.05, 4.69) is 14.9 Å². The molecule has 2 aromatic heterocycles. The number of hydrogen-bond donors (Lipinski definition) is 0. The predicted octanol–water partition coefficient (Wildman–Crippen LogP) is 1.26. The van der Waals surface area contributed by atoms with Crippen LogP contribution in [0.5, 0.6) is 0 Å². The molecule has 0 saturated carbocycles. The van der Waals surface area contributed by atoms with Gasteiger partial charge < -0.3 is 9.47 Å². The first-order chi connectivity index (χ1) is 8.70. The topological polar surface area (TPSA) is 51.0 Å². The predicted molar refractivity (Wildman–Crippen MR) is 73.4 cm³/mol. The normalized spacial score (nSPS) is 14.9. The van der Waals surface area contributed by atoms with E-state index in [1.54, 1.807) is 17.8 Å². The van der Waals surface area contributed by atoms with Gasteiger partial charge >= 0.3 is 0 Å². The lowest BCUT2D eigenvalue weighted by Crippen LogP contribution is -2.38. The Kier molecular flexibility index (Phi) is 2.74. The molecule has 6 heteroatoms. The van der Waals surface area contributed by atoms with Gasteiger partial charge in [0.05, 0.1) is 5.52 Å². The minimum absolute atomic E-state index is 0.0259. The summed E-state index contributed by atoms with van der Waals surface area (Å²) in [6, 6.07) is 1.88. The molecule has 0 unspecified atom stereocenters. The summed E-state index contributed by atoms with van der Waals surface area (Å²) in [4.78, 5) is 23.3. The Morgan fingerprint density at radius 3 is 2.72 bits per heavy atom. The number of aromatic nitrogens is 3. The zero-order valence-electron chi connectivity index (χ0n) is 10.4. The van der Waals surface area contributed by atoms with E-state index in [4.69, 9.17) is 0 Å². The van der Waals surface area contributed by atoms with Crippen molar-refractivity contribution >= 4 is 28.5 Å². The van der Waals surface area contributed by atoms with Crippen molar-refractivity contribution in [1.29, 1.82) is 0 Å². The van der Waals surface area contributed by atoms with Crippen LogP contribution in [0, 0.1) is 0 Å². The lowest BCUT2D eigenvalue weighted by molar-refractivity contribution is 0.608. The SMILES string of the molecule is CSc1nc(N2CCC2)c2c(=O)n(C)ccc2n1. The Hall–Kier alpha value is -1.56. The van der Waals surface area contributed by atoms with Crippen molar-refractivity contribution in [2.75, 3.05) is 24.2 Å². The van der Waals surface area contributed by atoms with E-state index in [0.717, 1.165) is 36.0 Å². The third-order valence-electron chi connectivity index (χ3n) is 3.23. The Morgan fingerprint density at radius 2 is 2.11 bits per heavy atom. The highest BCUT2D eigenvalue weighted by molar-refractivity contribution is 7.98. The highest BCUT2D eigenvalue weighted by Crippen LogP contribution is 2.26. The van der Waals surface area contributed by atoms with E-state index in [1.807, 2.05) is 12.3 Å². The second-order valence-corrected chi connectivity index (χ2v) is 5.14. The number of pyridine rings is 1. The average Bonchev–Trinajstić information content (AvgIpc) is 2.31. The zero-order chi connectivity index (χ0) is 12.7. The molecular formula is C12H14N4OS. The Labute approximate surface area is 109 Å². The number of fused-ring (bicyclic) bond motifs is 1. The zero-order valence-corrected chi connectivity index (χ0v) is 11.2. The highest BCUT2D eigenvalue weighted by atomic mass is 32.2. The van der Waals surface area contributed by atoms with Crippen LogP contribution in [-0.2, 0) is 7.05 Å². The molecule has 0 aliphatic carbocycles. The molecule has 1 fully saturated rings. The number of hydrogen-bond acceptors (Lipinski definition) is 5. The van der Waals surface area contributed by atoms with Crippen LogP contribution in [0.2, 0.25) is 0 Å². The van der Waals surface area contributed by atoms with E-state index in [9.17, 15) is 4.79 Å². The average molecular weight is 262 g/mol. The molecule has 18 heavy (non-hydrogen) atoms. The van der Waals surface area contributed by atoms with E-state index in [0.29, 0.717) is 5.39 Å². The van der Waals surface area contributed by atoms with Crippen LogP contribution in [0.1, 0.15) is 6.42 Å². The van der Waals surface area contributed by atoms with E-state index < -0.39 is 0 Å². The Balaban J connectivity index is 2.35. The van der Waals surface area contributed by atoms with Gasteiger partial charge in [0.15, 0.2) is 5.16 Å². The van der Waals surface area contributed by atoms with E-state index in [1.165, 1.54) is 11.8 Å². The molecule has 3 heterocycles. The van der Waals surface area contributed by atoms with Crippen LogP contribution < -0.4 is 10.5 Å². The van der Waals surface area contributed by atoms with Gasteiger partial charge in [-0.2, -0.15) is 0 Å². The molecule has 0 radical (unpaired) electrons. The Morgan fingerprint density at radius 1 is 1.33 bits per heavy atom. The molecule has 1 saturated heterocycles. The van der Waals surface area contributed by atoms with Crippen LogP contribution in [0.4, 0.5) is 5.82 Å². The molecule has 1 aliphatic rings. The smallest absolute Gasteiger partial charge is 0.263 e. The number of nitrogens with zero attached hydrogens (tertiary/aromatic N) is 4. The van der Waals surface area contributed by atoms with Gasteiger partial charge in [0.25, 0.3) is 5.56 Å². The van der Waals surface area contributed by atoms with Crippen molar-refractivity contribution in [3.8, 4) is 0 Å². The monoisotopic (exact) mass is 262 g/mol. The lowest BCUT2D eigenvalue weighted by Gasteiger charge is -2.32. The lowest BCUT2D eigenvalue weighted by atomic mass is 10.2. The van der Waals surface area contributed by atoms with Gasteiger partial charge in [-0.25, -0.2) is 9.97 Å². The van der Waals surface area contributed by atoms with Crippen molar-refractivity contribution in [1.82, 2.24) is 14.5 Å². The van der Waals surface area contributed by atoms with Gasteiger partial charge in [-0.05, 0) is 18.7 Å². The van der Waals surface area contributed by atoms with Crippen molar-refractivity contribution in [3.05, 3.63) is 22.6 Å². The summed E-state index contributed by atoms with van der Waals surface area (Å²) in [5, 5.41) is 1.36. The number of aryl methyl sites for hydroxylation is 1. The summed E-state index contributed by atoms with van der Waals surface area (Å²) in [7, 11) is 1.75. The molecule has 2 aromatic rings. The maximum Gasteiger partial charge on any atom is 0.263 e. The van der Waals surface area contributed by atoms with Crippen LogP contribution in [0.15, 0.2) is 22.2 Å². The summed E-state index contributed by atoms with van der Waals surface area (Å²) in [6.07, 6.45) is 4.86. The first-order valence-corrected chi connectivity index (χ1v) is 7.09. The third kappa shape index (κ3) is 1.68. The molecule has 0 amide bonds. The molecule has 1 aliphatic heterocycles. The van der Waals surface area contributed by atoms with Gasteiger partial charge in [-0.3, -0.25) is 4.79 Å². The first kappa shape index (κ1) is 11.5. The van der Waals surface area contributed by atoms with Crippen LogP contribution in [0.25, 0.3) is 10.9 Å². The van der Waals surface area contributed by atoms with Crippen LogP contribution >= 0.6 is 11.8 Å². The van der Waals surface area contributed by atoms with Gasteiger partial charge in [0.1, 0.15) is 11.2 Å². The largest absolute Gasteiger partial charge is 0.356 e. The minimum Gasteiger partial charge on any atom is -0.356 e. The maximum atomic E-state index is 12.2. The van der Waals surface area contributed by atoms with Crippen molar-refractivity contribution in [2.45, 2.75) is 11.6 Å². The van der Waals surface area contributed by atoms with E-state index >= 15 is 0 Å². The molecule has 3 rings (SSSR count). The molecule has 0 aromatic carbocycles. The van der Waals surface area contributed by atoms with Crippen LogP contribution in [-0.4, -0.2) is 33.9 Å². The fraction of sp³-hybridized carbons (Fsp3) is 0.417. The second-order valence-electron chi connectivity index (χ2n) is 4.37. The Bertz CT molecular complexity index is 663. The first-order valence-electron chi connectivity index (χ1n) is 5.87. The summed E-state index contributed by atoms with van der Waals surface area (Å²) in [5.41, 5.74) is 0.710. The molecule has 0 bridgehead atoms. The summed E-state index contributed by atoms with van der Waals surface area (Å²) in [5.74, 6) is 0.789. The van der Waals surface area contributed by atoms with Crippen molar-refractivity contribution < 1.29 is 0 Å². The standard InChI is InChI=1S/C12H14N4OS/c1-15-7-4-8-9(11(15)17)10(16-5-3-6-16)14-12(13-8)18-2/h4,7H,3,5-6H2,1-2H3.